The van der Waals surface area contributed by atoms with E-state index in [1.165, 1.54) is 40.9 Å². The molecule has 2 aromatic heterocycles. The molecule has 0 atom stereocenters. The minimum absolute atomic E-state index is 0.0808. The fraction of sp³-hybridized carbons (Fsp3) is 0.0667. The van der Waals surface area contributed by atoms with Crippen molar-refractivity contribution in [3.63, 3.8) is 0 Å². The quantitative estimate of drug-likeness (QED) is 0.511. The molecular weight excluding hydrogens is 370 g/mol. The van der Waals surface area contributed by atoms with Crippen LogP contribution >= 0.6 is 34.3 Å². The Morgan fingerprint density at radius 2 is 2.08 bits per heavy atom. The second-order valence-corrected chi connectivity index (χ2v) is 7.51. The number of nitro benzene ring substituents is 1. The van der Waals surface area contributed by atoms with E-state index in [1.54, 1.807) is 19.1 Å². The molecule has 0 aliphatic heterocycles. The summed E-state index contributed by atoms with van der Waals surface area (Å²) in [6, 6.07) is 9.43. The molecule has 122 valence electrons. The van der Waals surface area contributed by atoms with Gasteiger partial charge in [-0.25, -0.2) is 4.98 Å². The van der Waals surface area contributed by atoms with E-state index in [-0.39, 0.29) is 11.6 Å². The SMILES string of the molecule is Cc1nc(-c2ccc(Cl)s2)sc1C(=O)Nc1cccc([N+](=O)[O-])c1. The fourth-order valence-electron chi connectivity index (χ4n) is 2.03. The van der Waals surface area contributed by atoms with Crippen LogP contribution in [0, 0.1) is 17.0 Å². The number of thiophene rings is 1. The molecule has 1 aromatic carbocycles. The number of amides is 1. The van der Waals surface area contributed by atoms with Crippen LogP contribution in [0.5, 0.6) is 0 Å². The lowest BCUT2D eigenvalue weighted by atomic mass is 10.2. The van der Waals surface area contributed by atoms with E-state index in [4.69, 9.17) is 11.6 Å². The molecule has 1 amide bonds. The second-order valence-electron chi connectivity index (χ2n) is 4.80. The standard InChI is InChI=1S/C15H10ClN3O3S2/c1-8-13(24-15(17-8)11-5-6-12(16)23-11)14(20)18-9-3-2-4-10(7-9)19(21)22/h2-7H,1H3,(H,18,20). The summed E-state index contributed by atoms with van der Waals surface area (Å²) in [7, 11) is 0. The Labute approximate surface area is 149 Å². The average Bonchev–Trinajstić information content (AvgIpc) is 3.13. The van der Waals surface area contributed by atoms with Crippen molar-refractivity contribution >= 4 is 51.6 Å². The minimum atomic E-state index is -0.508. The zero-order valence-electron chi connectivity index (χ0n) is 12.3. The number of thiazole rings is 1. The number of halogens is 1. The van der Waals surface area contributed by atoms with Crippen molar-refractivity contribution in [2.45, 2.75) is 6.92 Å². The van der Waals surface area contributed by atoms with Crippen LogP contribution in [0.3, 0.4) is 0 Å². The Bertz CT molecular complexity index is 936. The Morgan fingerprint density at radius 3 is 2.75 bits per heavy atom. The summed E-state index contributed by atoms with van der Waals surface area (Å²) in [5.41, 5.74) is 0.882. The van der Waals surface area contributed by atoms with Crippen molar-refractivity contribution in [3.8, 4) is 9.88 Å². The van der Waals surface area contributed by atoms with Gasteiger partial charge in [-0.2, -0.15) is 0 Å². The molecule has 1 N–H and O–H groups in total. The molecule has 0 fully saturated rings. The first kappa shape index (κ1) is 16.6. The molecule has 0 bridgehead atoms. The predicted molar refractivity (Wildman–Crippen MR) is 96.2 cm³/mol. The Morgan fingerprint density at radius 1 is 1.29 bits per heavy atom. The molecule has 0 aliphatic carbocycles. The van der Waals surface area contributed by atoms with Crippen LogP contribution in [-0.2, 0) is 0 Å². The van der Waals surface area contributed by atoms with Crippen molar-refractivity contribution < 1.29 is 9.72 Å². The highest BCUT2D eigenvalue weighted by atomic mass is 35.5. The zero-order chi connectivity index (χ0) is 17.3. The first-order valence-electron chi connectivity index (χ1n) is 6.73. The van der Waals surface area contributed by atoms with Crippen molar-refractivity contribution in [2.24, 2.45) is 0 Å². The fourth-order valence-corrected chi connectivity index (χ4v) is 4.09. The predicted octanol–water partition coefficient (Wildman–Crippen LogP) is 4.99. The molecule has 3 aromatic rings. The van der Waals surface area contributed by atoms with Crippen LogP contribution in [0.25, 0.3) is 9.88 Å². The summed E-state index contributed by atoms with van der Waals surface area (Å²) < 4.78 is 0.653. The van der Waals surface area contributed by atoms with Crippen molar-refractivity contribution in [1.29, 1.82) is 0 Å². The molecule has 9 heteroatoms. The molecule has 2 heterocycles. The monoisotopic (exact) mass is 379 g/mol. The number of nitrogens with one attached hydrogen (secondary N) is 1. The van der Waals surface area contributed by atoms with E-state index in [1.807, 2.05) is 6.07 Å². The van der Waals surface area contributed by atoms with Gasteiger partial charge in [-0.3, -0.25) is 14.9 Å². The number of hydrogen-bond donors (Lipinski definition) is 1. The molecule has 3 rings (SSSR count). The summed E-state index contributed by atoms with van der Waals surface area (Å²) >= 11 is 8.58. The molecule has 0 saturated heterocycles. The van der Waals surface area contributed by atoms with E-state index in [0.29, 0.717) is 25.6 Å². The van der Waals surface area contributed by atoms with Crippen molar-refractivity contribution in [2.75, 3.05) is 5.32 Å². The molecule has 6 nitrogen and oxygen atoms in total. The van der Waals surface area contributed by atoms with Crippen molar-refractivity contribution in [1.82, 2.24) is 4.98 Å². The number of anilines is 1. The van der Waals surface area contributed by atoms with Crippen LogP contribution in [0.2, 0.25) is 4.34 Å². The van der Waals surface area contributed by atoms with Gasteiger partial charge in [-0.1, -0.05) is 17.7 Å². The van der Waals surface area contributed by atoms with Gasteiger partial charge in [-0.15, -0.1) is 22.7 Å². The highest BCUT2D eigenvalue weighted by molar-refractivity contribution is 7.24. The van der Waals surface area contributed by atoms with Crippen molar-refractivity contribution in [3.05, 3.63) is 61.4 Å². The zero-order valence-corrected chi connectivity index (χ0v) is 14.7. The van der Waals surface area contributed by atoms with Crippen LogP contribution in [0.15, 0.2) is 36.4 Å². The molecule has 0 aliphatic rings. The highest BCUT2D eigenvalue weighted by Crippen LogP contribution is 2.35. The number of carbonyl (C=O) groups excluding carboxylic acids is 1. The van der Waals surface area contributed by atoms with Crippen LogP contribution in [0.4, 0.5) is 11.4 Å². The maximum Gasteiger partial charge on any atom is 0.271 e. The molecule has 24 heavy (non-hydrogen) atoms. The van der Waals surface area contributed by atoms with Crippen LogP contribution in [0.1, 0.15) is 15.4 Å². The number of nitrogens with zero attached hydrogens (tertiary/aromatic N) is 2. The van der Waals surface area contributed by atoms with Gasteiger partial charge in [0.1, 0.15) is 9.88 Å². The van der Waals surface area contributed by atoms with Gasteiger partial charge >= 0.3 is 0 Å². The van der Waals surface area contributed by atoms with Gasteiger partial charge in [-0.05, 0) is 25.1 Å². The minimum Gasteiger partial charge on any atom is -0.321 e. The topological polar surface area (TPSA) is 85.1 Å². The summed E-state index contributed by atoms with van der Waals surface area (Å²) in [6.45, 7) is 1.75. The Hall–Kier alpha value is -2.29. The lowest BCUT2D eigenvalue weighted by Gasteiger charge is -2.03. The van der Waals surface area contributed by atoms with E-state index in [9.17, 15) is 14.9 Å². The number of non-ortho nitro benzene ring substituents is 1. The lowest BCUT2D eigenvalue weighted by Crippen LogP contribution is -2.11. The molecule has 0 unspecified atom stereocenters. The van der Waals surface area contributed by atoms with Gasteiger partial charge < -0.3 is 5.32 Å². The molecular formula is C15H10ClN3O3S2. The van der Waals surface area contributed by atoms with Gasteiger partial charge in [0.2, 0.25) is 0 Å². The first-order valence-corrected chi connectivity index (χ1v) is 8.74. The summed E-state index contributed by atoms with van der Waals surface area (Å²) in [5.74, 6) is -0.348. The van der Waals surface area contributed by atoms with E-state index in [0.717, 1.165) is 4.88 Å². The third-order valence-corrected chi connectivity index (χ3v) is 5.66. The average molecular weight is 380 g/mol. The summed E-state index contributed by atoms with van der Waals surface area (Å²) in [4.78, 5) is 28.5. The number of benzene rings is 1. The largest absolute Gasteiger partial charge is 0.321 e. The van der Waals surface area contributed by atoms with Gasteiger partial charge in [0, 0.05) is 17.8 Å². The third-order valence-electron chi connectivity index (χ3n) is 3.10. The highest BCUT2D eigenvalue weighted by Gasteiger charge is 2.18. The Balaban J connectivity index is 1.84. The summed E-state index contributed by atoms with van der Waals surface area (Å²) in [6.07, 6.45) is 0. The Kier molecular flexibility index (Phi) is 4.61. The van der Waals surface area contributed by atoms with Gasteiger partial charge in [0.15, 0.2) is 0 Å². The van der Waals surface area contributed by atoms with Crippen LogP contribution < -0.4 is 5.32 Å². The normalized spacial score (nSPS) is 10.6. The lowest BCUT2D eigenvalue weighted by molar-refractivity contribution is -0.384. The van der Waals surface area contributed by atoms with E-state index >= 15 is 0 Å². The number of hydrogen-bond acceptors (Lipinski definition) is 6. The third kappa shape index (κ3) is 3.45. The first-order chi connectivity index (χ1) is 11.4. The van der Waals surface area contributed by atoms with Gasteiger partial charge in [0.05, 0.1) is 19.8 Å². The summed E-state index contributed by atoms with van der Waals surface area (Å²) in [5, 5.41) is 14.2. The smallest absolute Gasteiger partial charge is 0.271 e. The molecule has 0 saturated carbocycles. The van der Waals surface area contributed by atoms with E-state index < -0.39 is 4.92 Å². The second kappa shape index (κ2) is 6.68. The number of carbonyl (C=O) groups is 1. The number of rotatable bonds is 4. The van der Waals surface area contributed by atoms with E-state index in [2.05, 4.69) is 10.3 Å². The maximum atomic E-state index is 12.4. The number of aromatic nitrogens is 1. The van der Waals surface area contributed by atoms with Crippen LogP contribution in [-0.4, -0.2) is 15.8 Å². The number of nitro groups is 1. The van der Waals surface area contributed by atoms with Gasteiger partial charge in [0.25, 0.3) is 11.6 Å². The maximum absolute atomic E-state index is 12.4. The molecule has 0 radical (unpaired) electrons. The number of aryl methyl sites for hydroxylation is 1. The molecule has 0 spiro atoms.